The van der Waals surface area contributed by atoms with E-state index in [2.05, 4.69) is 42.2 Å². The third-order valence-electron chi connectivity index (χ3n) is 6.46. The van der Waals surface area contributed by atoms with Crippen molar-refractivity contribution in [2.45, 2.75) is 32.1 Å². The Morgan fingerprint density at radius 3 is 2.35 bits per heavy atom. The van der Waals surface area contributed by atoms with Crippen LogP contribution in [0.2, 0.25) is 0 Å². The van der Waals surface area contributed by atoms with Crippen molar-refractivity contribution in [1.29, 1.82) is 0 Å². The molecule has 3 aromatic carbocycles. The van der Waals surface area contributed by atoms with Gasteiger partial charge in [0.1, 0.15) is 6.61 Å². The highest BCUT2D eigenvalue weighted by atomic mass is 32.1. The molecule has 1 heterocycles. The fraction of sp³-hybridized carbons (Fsp3) is 0.250. The van der Waals surface area contributed by atoms with E-state index in [1.807, 2.05) is 36.4 Å². The molecule has 172 valence electrons. The molecule has 1 atom stereocenters. The van der Waals surface area contributed by atoms with Crippen molar-refractivity contribution in [3.63, 3.8) is 0 Å². The molecule has 0 fully saturated rings. The van der Waals surface area contributed by atoms with Gasteiger partial charge in [0.05, 0.1) is 27.6 Å². The molecule has 1 N–H and O–H groups in total. The average Bonchev–Trinajstić information content (AvgIpc) is 3.40. The van der Waals surface area contributed by atoms with Crippen LogP contribution >= 0.6 is 11.3 Å². The number of hydrogen-bond acceptors (Lipinski definition) is 5. The van der Waals surface area contributed by atoms with Crippen molar-refractivity contribution in [2.75, 3.05) is 6.61 Å². The molecule has 34 heavy (non-hydrogen) atoms. The SMILES string of the molecule is CCc1ccc2nc(C[C@H](CC(=O)OCC3c4ccccc4-c4ccccc43)C(=O)O)sc2c1. The molecule has 0 saturated heterocycles. The van der Waals surface area contributed by atoms with Crippen molar-refractivity contribution in [3.8, 4) is 11.1 Å². The van der Waals surface area contributed by atoms with Crippen LogP contribution in [-0.2, 0) is 27.2 Å². The maximum atomic E-state index is 12.7. The van der Waals surface area contributed by atoms with Crippen LogP contribution < -0.4 is 0 Å². The summed E-state index contributed by atoms with van der Waals surface area (Å²) in [5.41, 5.74) is 6.66. The minimum Gasteiger partial charge on any atom is -0.481 e. The summed E-state index contributed by atoms with van der Waals surface area (Å²) in [6.07, 6.45) is 0.963. The number of esters is 1. The van der Waals surface area contributed by atoms with Crippen LogP contribution in [0.4, 0.5) is 0 Å². The monoisotopic (exact) mass is 471 g/mol. The van der Waals surface area contributed by atoms with Crippen molar-refractivity contribution in [3.05, 3.63) is 88.4 Å². The first-order valence-electron chi connectivity index (χ1n) is 11.5. The Hall–Kier alpha value is -3.51. The van der Waals surface area contributed by atoms with Crippen molar-refractivity contribution in [2.24, 2.45) is 5.92 Å². The summed E-state index contributed by atoms with van der Waals surface area (Å²) in [4.78, 5) is 29.2. The number of nitrogens with zero attached hydrogens (tertiary/aromatic N) is 1. The van der Waals surface area contributed by atoms with Gasteiger partial charge in [0.2, 0.25) is 0 Å². The molecule has 6 heteroatoms. The molecule has 0 spiro atoms. The lowest BCUT2D eigenvalue weighted by molar-refractivity contribution is -0.151. The molecular weight excluding hydrogens is 446 g/mol. The first-order valence-corrected chi connectivity index (χ1v) is 12.3. The average molecular weight is 472 g/mol. The first-order chi connectivity index (χ1) is 16.5. The number of carboxylic acid groups (broad SMARTS) is 1. The Bertz CT molecular complexity index is 1330. The van der Waals surface area contributed by atoms with Crippen LogP contribution in [0.5, 0.6) is 0 Å². The highest BCUT2D eigenvalue weighted by Gasteiger charge is 2.30. The lowest BCUT2D eigenvalue weighted by atomic mass is 9.98. The molecule has 0 amide bonds. The normalized spacial score (nSPS) is 13.4. The van der Waals surface area contributed by atoms with E-state index in [4.69, 9.17) is 4.74 Å². The van der Waals surface area contributed by atoms with Gasteiger partial charge in [0.25, 0.3) is 0 Å². The van der Waals surface area contributed by atoms with E-state index in [0.29, 0.717) is 0 Å². The van der Waals surface area contributed by atoms with Gasteiger partial charge in [0, 0.05) is 12.3 Å². The fourth-order valence-electron chi connectivity index (χ4n) is 4.66. The van der Waals surface area contributed by atoms with Gasteiger partial charge in [-0.05, 0) is 46.4 Å². The number of hydrogen-bond donors (Lipinski definition) is 1. The number of thiazole rings is 1. The summed E-state index contributed by atoms with van der Waals surface area (Å²) in [6, 6.07) is 22.4. The highest BCUT2D eigenvalue weighted by Crippen LogP contribution is 2.44. The summed E-state index contributed by atoms with van der Waals surface area (Å²) in [5, 5.41) is 10.5. The third kappa shape index (κ3) is 4.33. The van der Waals surface area contributed by atoms with Crippen molar-refractivity contribution >= 4 is 33.5 Å². The van der Waals surface area contributed by atoms with Gasteiger partial charge in [-0.1, -0.05) is 61.5 Å². The van der Waals surface area contributed by atoms with E-state index in [0.717, 1.165) is 43.9 Å². The summed E-state index contributed by atoms with van der Waals surface area (Å²) in [5.74, 6) is -2.43. The molecule has 1 aromatic heterocycles. The Labute approximate surface area is 202 Å². The maximum Gasteiger partial charge on any atom is 0.307 e. The van der Waals surface area contributed by atoms with Crippen LogP contribution in [0.1, 0.15) is 41.0 Å². The lowest BCUT2D eigenvalue weighted by Crippen LogP contribution is -2.22. The number of carbonyl (C=O) groups excluding carboxylic acids is 1. The number of benzene rings is 3. The van der Waals surface area contributed by atoms with Crippen molar-refractivity contribution < 1.29 is 19.4 Å². The second-order valence-electron chi connectivity index (χ2n) is 8.62. The van der Waals surface area contributed by atoms with Gasteiger partial charge in [-0.3, -0.25) is 9.59 Å². The number of fused-ring (bicyclic) bond motifs is 4. The molecule has 1 aliphatic carbocycles. The topological polar surface area (TPSA) is 76.5 Å². The Balaban J connectivity index is 1.26. The Morgan fingerprint density at radius 1 is 1.03 bits per heavy atom. The van der Waals surface area contributed by atoms with E-state index in [1.165, 1.54) is 16.9 Å². The quantitative estimate of drug-likeness (QED) is 0.326. The second kappa shape index (κ2) is 9.39. The number of rotatable bonds is 8. The number of aliphatic carboxylic acids is 1. The van der Waals surface area contributed by atoms with E-state index in [1.54, 1.807) is 0 Å². The highest BCUT2D eigenvalue weighted by molar-refractivity contribution is 7.18. The predicted octanol–water partition coefficient (Wildman–Crippen LogP) is 5.85. The van der Waals surface area contributed by atoms with Gasteiger partial charge in [0.15, 0.2) is 0 Å². The number of aryl methyl sites for hydroxylation is 1. The van der Waals surface area contributed by atoms with Gasteiger partial charge >= 0.3 is 11.9 Å². The minimum atomic E-state index is -1.01. The van der Waals surface area contributed by atoms with Crippen LogP contribution in [0, 0.1) is 5.92 Å². The van der Waals surface area contributed by atoms with Crippen LogP contribution in [0.25, 0.3) is 21.3 Å². The maximum absolute atomic E-state index is 12.7. The lowest BCUT2D eigenvalue weighted by Gasteiger charge is -2.15. The zero-order valence-corrected chi connectivity index (χ0v) is 19.7. The number of carbonyl (C=O) groups is 2. The van der Waals surface area contributed by atoms with Gasteiger partial charge in [-0.25, -0.2) is 4.98 Å². The third-order valence-corrected chi connectivity index (χ3v) is 7.50. The van der Waals surface area contributed by atoms with Gasteiger partial charge in [-0.2, -0.15) is 0 Å². The minimum absolute atomic E-state index is 0.0448. The van der Waals surface area contributed by atoms with Crippen LogP contribution in [0.15, 0.2) is 66.7 Å². The fourth-order valence-corrected chi connectivity index (χ4v) is 5.77. The Morgan fingerprint density at radius 2 is 1.71 bits per heavy atom. The van der Waals surface area contributed by atoms with Gasteiger partial charge < -0.3 is 9.84 Å². The zero-order chi connectivity index (χ0) is 23.7. The molecule has 0 unspecified atom stereocenters. The summed E-state index contributed by atoms with van der Waals surface area (Å²) in [7, 11) is 0. The summed E-state index contributed by atoms with van der Waals surface area (Å²) < 4.78 is 6.67. The molecular formula is C28H25NO4S. The molecule has 5 rings (SSSR count). The predicted molar refractivity (Wildman–Crippen MR) is 133 cm³/mol. The molecule has 4 aromatic rings. The smallest absolute Gasteiger partial charge is 0.307 e. The number of carboxylic acids is 1. The second-order valence-corrected chi connectivity index (χ2v) is 9.73. The summed E-state index contributed by atoms with van der Waals surface area (Å²) in [6.45, 7) is 2.29. The largest absolute Gasteiger partial charge is 0.481 e. The van der Waals surface area contributed by atoms with E-state index in [-0.39, 0.29) is 25.4 Å². The molecule has 1 aliphatic rings. The number of aromatic nitrogens is 1. The standard InChI is InChI=1S/C28H25NO4S/c1-2-17-11-12-24-25(13-17)34-26(29-24)14-18(28(31)32)15-27(30)33-16-23-21-9-5-3-7-19(21)20-8-4-6-10-22(20)23/h3-13,18,23H,2,14-16H2,1H3,(H,31,32)/t18-/m1/s1. The molecule has 0 radical (unpaired) electrons. The molecule has 5 nitrogen and oxygen atoms in total. The van der Waals surface area contributed by atoms with Gasteiger partial charge in [-0.15, -0.1) is 11.3 Å². The van der Waals surface area contributed by atoms with E-state index in [9.17, 15) is 14.7 Å². The zero-order valence-electron chi connectivity index (χ0n) is 18.9. The van der Waals surface area contributed by atoms with Crippen LogP contribution in [0.3, 0.4) is 0 Å². The first kappa shape index (κ1) is 22.3. The summed E-state index contributed by atoms with van der Waals surface area (Å²) >= 11 is 1.49. The van der Waals surface area contributed by atoms with Crippen molar-refractivity contribution in [1.82, 2.24) is 4.98 Å². The number of ether oxygens (including phenoxy) is 1. The van der Waals surface area contributed by atoms with E-state index < -0.39 is 17.9 Å². The molecule has 0 saturated carbocycles. The van der Waals surface area contributed by atoms with E-state index >= 15 is 0 Å². The molecule has 0 aliphatic heterocycles. The molecule has 0 bridgehead atoms. The Kier molecular flexibility index (Phi) is 6.16. The van der Waals surface area contributed by atoms with Crippen LogP contribution in [-0.4, -0.2) is 28.6 Å².